The second-order valence-corrected chi connectivity index (χ2v) is 9.31. The maximum Gasteiger partial charge on any atom is 0.244 e. The normalized spacial score (nSPS) is 20.1. The molecule has 0 unspecified atom stereocenters. The van der Waals surface area contributed by atoms with Gasteiger partial charge in [-0.3, -0.25) is 4.79 Å². The predicted octanol–water partition coefficient (Wildman–Crippen LogP) is 1.07. The minimum absolute atomic E-state index is 0.00636. The highest BCUT2D eigenvalue weighted by Gasteiger charge is 2.41. The van der Waals surface area contributed by atoms with Crippen molar-refractivity contribution in [2.45, 2.75) is 18.4 Å². The number of sulfonamides is 2. The maximum atomic E-state index is 12.3. The lowest BCUT2D eigenvalue weighted by atomic mass is 10.2. The van der Waals surface area contributed by atoms with Gasteiger partial charge in [-0.25, -0.2) is 25.9 Å². The molecule has 1 atom stereocenters. The molecule has 0 radical (unpaired) electrons. The first kappa shape index (κ1) is 17.6. The van der Waals surface area contributed by atoms with Crippen molar-refractivity contribution in [2.24, 2.45) is 5.92 Å². The van der Waals surface area contributed by atoms with Crippen LogP contribution in [0.5, 0.6) is 0 Å². The van der Waals surface area contributed by atoms with E-state index in [1.807, 2.05) is 0 Å². The minimum atomic E-state index is -3.79. The molecule has 1 aromatic heterocycles. The van der Waals surface area contributed by atoms with Crippen LogP contribution in [0.1, 0.15) is 12.7 Å². The third-order valence-electron chi connectivity index (χ3n) is 3.76. The van der Waals surface area contributed by atoms with Gasteiger partial charge in [-0.05, 0) is 36.4 Å². The smallest absolute Gasteiger partial charge is 0.244 e. The average Bonchev–Trinajstić information content (AvgIpc) is 3.12. The van der Waals surface area contributed by atoms with Gasteiger partial charge in [-0.2, -0.15) is 0 Å². The molecule has 1 saturated heterocycles. The number of benzene rings is 1. The first-order chi connectivity index (χ1) is 11.7. The van der Waals surface area contributed by atoms with E-state index in [-0.39, 0.29) is 22.9 Å². The summed E-state index contributed by atoms with van der Waals surface area (Å²) >= 11 is 0. The van der Waals surface area contributed by atoms with Crippen LogP contribution in [-0.2, 0) is 31.4 Å². The maximum absolute atomic E-state index is 12.3. The standard InChI is InChI=1S/C15H16N2O6S2/c1-11-10-24(19,20)17(15(11)18)12-4-6-14(7-5-12)25(21,22)16-9-13-3-2-8-23-13/h2-8,11,16H,9-10H2,1H3/t11-/m0/s1. The van der Waals surface area contributed by atoms with Crippen molar-refractivity contribution in [2.75, 3.05) is 10.1 Å². The van der Waals surface area contributed by atoms with E-state index in [4.69, 9.17) is 4.42 Å². The van der Waals surface area contributed by atoms with Gasteiger partial charge in [-0.1, -0.05) is 6.92 Å². The summed E-state index contributed by atoms with van der Waals surface area (Å²) in [4.78, 5) is 12.0. The van der Waals surface area contributed by atoms with Crippen molar-refractivity contribution in [3.63, 3.8) is 0 Å². The van der Waals surface area contributed by atoms with Gasteiger partial charge >= 0.3 is 0 Å². The van der Waals surface area contributed by atoms with Crippen LogP contribution in [0, 0.1) is 5.92 Å². The molecule has 0 bridgehead atoms. The van der Waals surface area contributed by atoms with Crippen LogP contribution < -0.4 is 9.03 Å². The Morgan fingerprint density at radius 2 is 1.92 bits per heavy atom. The molecule has 10 heteroatoms. The number of nitrogens with one attached hydrogen (secondary N) is 1. The lowest BCUT2D eigenvalue weighted by Crippen LogP contribution is -2.30. The lowest BCUT2D eigenvalue weighted by Gasteiger charge is -2.15. The first-order valence-electron chi connectivity index (χ1n) is 7.40. The molecule has 134 valence electrons. The van der Waals surface area contributed by atoms with Crippen molar-refractivity contribution in [3.8, 4) is 0 Å². The topological polar surface area (TPSA) is 114 Å². The van der Waals surface area contributed by atoms with Gasteiger partial charge in [0.15, 0.2) is 0 Å². The number of carbonyl (C=O) groups excluding carboxylic acids is 1. The van der Waals surface area contributed by atoms with E-state index in [2.05, 4.69) is 4.72 Å². The molecule has 8 nitrogen and oxygen atoms in total. The monoisotopic (exact) mass is 384 g/mol. The Morgan fingerprint density at radius 3 is 2.44 bits per heavy atom. The highest BCUT2D eigenvalue weighted by atomic mass is 32.2. The summed E-state index contributed by atoms with van der Waals surface area (Å²) in [5, 5.41) is 0. The SMILES string of the molecule is C[C@H]1CS(=O)(=O)N(c2ccc(S(=O)(=O)NCc3ccco3)cc2)C1=O. The highest BCUT2D eigenvalue weighted by Crippen LogP contribution is 2.28. The third kappa shape index (κ3) is 3.46. The molecule has 25 heavy (non-hydrogen) atoms. The Labute approximate surface area is 145 Å². The Balaban J connectivity index is 1.81. The zero-order valence-electron chi connectivity index (χ0n) is 13.2. The zero-order chi connectivity index (χ0) is 18.2. The molecular weight excluding hydrogens is 368 g/mol. The number of furan rings is 1. The van der Waals surface area contributed by atoms with E-state index in [1.165, 1.54) is 37.5 Å². The van der Waals surface area contributed by atoms with Crippen LogP contribution in [0.4, 0.5) is 5.69 Å². The van der Waals surface area contributed by atoms with Crippen LogP contribution >= 0.6 is 0 Å². The molecule has 0 saturated carbocycles. The molecular formula is C15H16N2O6S2. The second-order valence-electron chi connectivity index (χ2n) is 5.68. The van der Waals surface area contributed by atoms with Crippen LogP contribution in [0.25, 0.3) is 0 Å². The van der Waals surface area contributed by atoms with E-state index < -0.39 is 31.9 Å². The van der Waals surface area contributed by atoms with Gasteiger partial charge < -0.3 is 4.42 Å². The molecule has 1 N–H and O–H groups in total. The van der Waals surface area contributed by atoms with Crippen LogP contribution in [0.2, 0.25) is 0 Å². The summed E-state index contributed by atoms with van der Waals surface area (Å²) in [5.41, 5.74) is 0.124. The lowest BCUT2D eigenvalue weighted by molar-refractivity contribution is -0.119. The van der Waals surface area contributed by atoms with Crippen molar-refractivity contribution < 1.29 is 26.0 Å². The third-order valence-corrected chi connectivity index (χ3v) is 7.04. The number of rotatable bonds is 5. The second kappa shape index (κ2) is 6.28. The molecule has 1 amide bonds. The highest BCUT2D eigenvalue weighted by molar-refractivity contribution is 7.94. The quantitative estimate of drug-likeness (QED) is 0.825. The van der Waals surface area contributed by atoms with Crippen molar-refractivity contribution in [1.29, 1.82) is 0 Å². The summed E-state index contributed by atoms with van der Waals surface area (Å²) in [6.45, 7) is 1.53. The first-order valence-corrected chi connectivity index (χ1v) is 10.5. The van der Waals surface area contributed by atoms with Crippen LogP contribution in [0.3, 0.4) is 0 Å². The summed E-state index contributed by atoms with van der Waals surface area (Å²) in [6.07, 6.45) is 1.44. The molecule has 2 heterocycles. The van der Waals surface area contributed by atoms with Gasteiger partial charge in [0.2, 0.25) is 26.0 Å². The van der Waals surface area contributed by atoms with Gasteiger partial charge in [0.25, 0.3) is 0 Å². The van der Waals surface area contributed by atoms with E-state index in [0.717, 1.165) is 4.31 Å². The fourth-order valence-electron chi connectivity index (χ4n) is 2.51. The average molecular weight is 384 g/mol. The number of nitrogens with zero attached hydrogens (tertiary/aromatic N) is 1. The largest absolute Gasteiger partial charge is 0.468 e. The molecule has 0 aliphatic carbocycles. The number of carbonyl (C=O) groups is 1. The number of amides is 1. The van der Waals surface area contributed by atoms with Gasteiger partial charge in [-0.15, -0.1) is 0 Å². The summed E-state index contributed by atoms with van der Waals surface area (Å²) < 4.78 is 56.8. The van der Waals surface area contributed by atoms with Crippen molar-refractivity contribution in [1.82, 2.24) is 4.72 Å². The van der Waals surface area contributed by atoms with Gasteiger partial charge in [0, 0.05) is 0 Å². The van der Waals surface area contributed by atoms with Crippen LogP contribution in [-0.4, -0.2) is 28.5 Å². The van der Waals surface area contributed by atoms with Crippen molar-refractivity contribution in [3.05, 3.63) is 48.4 Å². The molecule has 0 spiro atoms. The van der Waals surface area contributed by atoms with E-state index >= 15 is 0 Å². The fourth-order valence-corrected chi connectivity index (χ4v) is 5.32. The summed E-state index contributed by atoms with van der Waals surface area (Å²) in [6, 6.07) is 8.39. The molecule has 2 aromatic rings. The van der Waals surface area contributed by atoms with E-state index in [1.54, 1.807) is 12.1 Å². The molecule has 1 aliphatic heterocycles. The molecule has 1 fully saturated rings. The minimum Gasteiger partial charge on any atom is -0.468 e. The van der Waals surface area contributed by atoms with Gasteiger partial charge in [0.05, 0.1) is 35.1 Å². The Bertz CT molecular complexity index is 979. The Kier molecular flexibility index (Phi) is 4.43. The van der Waals surface area contributed by atoms with Crippen LogP contribution in [0.15, 0.2) is 52.0 Å². The van der Waals surface area contributed by atoms with Gasteiger partial charge in [0.1, 0.15) is 5.76 Å². The molecule has 1 aliphatic rings. The zero-order valence-corrected chi connectivity index (χ0v) is 14.9. The number of anilines is 1. The Hall–Kier alpha value is -2.17. The summed E-state index contributed by atoms with van der Waals surface area (Å²) in [5.74, 6) is -0.936. The molecule has 3 rings (SSSR count). The molecule has 1 aromatic carbocycles. The predicted molar refractivity (Wildman–Crippen MR) is 89.6 cm³/mol. The van der Waals surface area contributed by atoms with E-state index in [0.29, 0.717) is 5.76 Å². The number of hydrogen-bond donors (Lipinski definition) is 1. The Morgan fingerprint density at radius 1 is 1.24 bits per heavy atom. The van der Waals surface area contributed by atoms with E-state index in [9.17, 15) is 21.6 Å². The number of hydrogen-bond acceptors (Lipinski definition) is 6. The van der Waals surface area contributed by atoms with Crippen molar-refractivity contribution >= 4 is 31.6 Å². The summed E-state index contributed by atoms with van der Waals surface area (Å²) in [7, 11) is -7.51. The fraction of sp³-hybridized carbons (Fsp3) is 0.267.